The van der Waals surface area contributed by atoms with Gasteiger partial charge in [0, 0.05) is 13.1 Å². The first-order valence-electron chi connectivity index (χ1n) is 10.5. The van der Waals surface area contributed by atoms with Crippen molar-refractivity contribution < 1.29 is 9.53 Å². The fourth-order valence-electron chi connectivity index (χ4n) is 3.12. The number of carbonyl (C=O) groups excluding carboxylic acids is 1. The van der Waals surface area contributed by atoms with E-state index in [2.05, 4.69) is 29.3 Å². The number of nitrogens with zero attached hydrogens (tertiary/aromatic N) is 2. The van der Waals surface area contributed by atoms with Crippen molar-refractivity contribution in [3.63, 3.8) is 0 Å². The van der Waals surface area contributed by atoms with Crippen LogP contribution in [0.1, 0.15) is 34.8 Å². The first-order chi connectivity index (χ1) is 15.2. The van der Waals surface area contributed by atoms with Crippen molar-refractivity contribution in [2.45, 2.75) is 26.3 Å². The Morgan fingerprint density at radius 1 is 0.903 bits per heavy atom. The zero-order valence-electron chi connectivity index (χ0n) is 17.7. The lowest BCUT2D eigenvalue weighted by molar-refractivity contribution is 0.0993. The van der Waals surface area contributed by atoms with Crippen LogP contribution in [0, 0.1) is 0 Å². The van der Waals surface area contributed by atoms with E-state index < -0.39 is 5.91 Å². The van der Waals surface area contributed by atoms with Gasteiger partial charge in [-0.1, -0.05) is 91.3 Å². The monoisotopic (exact) mass is 434 g/mol. The molecule has 0 N–H and O–H groups in total. The van der Waals surface area contributed by atoms with Gasteiger partial charge in [0.2, 0.25) is 0 Å². The molecule has 0 saturated carbocycles. The Bertz CT molecular complexity index is 991. The second-order valence-corrected chi connectivity index (χ2v) is 7.58. The molecule has 0 aromatic heterocycles. The molecule has 0 radical (unpaired) electrons. The van der Waals surface area contributed by atoms with Crippen LogP contribution in [0.15, 0.2) is 89.9 Å². The van der Waals surface area contributed by atoms with E-state index in [0.29, 0.717) is 36.3 Å². The van der Waals surface area contributed by atoms with E-state index in [9.17, 15) is 4.79 Å². The number of ether oxygens (including phenoxy) is 1. The molecular weight excluding hydrogens is 408 g/mol. The van der Waals surface area contributed by atoms with Gasteiger partial charge in [-0.2, -0.15) is 4.99 Å². The molecule has 5 heteroatoms. The highest BCUT2D eigenvalue weighted by molar-refractivity contribution is 6.34. The molecule has 0 heterocycles. The standard InChI is InChI=1S/C26H27ClN2O2/c1-2-19-31-26(28-25(30)23-15-9-10-16-24(23)27)29(20-22-13-7-4-8-14-22)18-17-21-11-5-3-6-12-21/h3-16H,2,17-20H2,1H3. The summed E-state index contributed by atoms with van der Waals surface area (Å²) in [6, 6.07) is 27.6. The normalized spacial score (nSPS) is 11.2. The van der Waals surface area contributed by atoms with Gasteiger partial charge in [-0.25, -0.2) is 0 Å². The van der Waals surface area contributed by atoms with Crippen LogP contribution in [0.25, 0.3) is 0 Å². The SMILES string of the molecule is CCCOC(=NC(=O)c1ccccc1Cl)N(CCc1ccccc1)Cc1ccccc1. The number of halogens is 1. The van der Waals surface area contributed by atoms with Crippen molar-refractivity contribution in [2.75, 3.05) is 13.2 Å². The number of hydrogen-bond acceptors (Lipinski definition) is 2. The number of rotatable bonds is 8. The first kappa shape index (κ1) is 22.6. The molecule has 0 unspecified atom stereocenters. The Hall–Kier alpha value is -3.11. The van der Waals surface area contributed by atoms with E-state index in [0.717, 1.165) is 18.4 Å². The van der Waals surface area contributed by atoms with E-state index in [1.807, 2.05) is 48.2 Å². The van der Waals surface area contributed by atoms with Gasteiger partial charge < -0.3 is 9.64 Å². The van der Waals surface area contributed by atoms with Gasteiger partial charge in [-0.15, -0.1) is 0 Å². The lowest BCUT2D eigenvalue weighted by atomic mass is 10.1. The molecule has 0 spiro atoms. The van der Waals surface area contributed by atoms with Crippen LogP contribution in [0.2, 0.25) is 5.02 Å². The highest BCUT2D eigenvalue weighted by Crippen LogP contribution is 2.17. The minimum Gasteiger partial charge on any atom is -0.465 e. The smallest absolute Gasteiger partial charge is 0.295 e. The summed E-state index contributed by atoms with van der Waals surface area (Å²) in [6.45, 7) is 3.76. The largest absolute Gasteiger partial charge is 0.465 e. The van der Waals surface area contributed by atoms with Crippen molar-refractivity contribution in [2.24, 2.45) is 4.99 Å². The van der Waals surface area contributed by atoms with E-state index in [1.54, 1.807) is 24.3 Å². The van der Waals surface area contributed by atoms with Crippen molar-refractivity contribution in [3.8, 4) is 0 Å². The van der Waals surface area contributed by atoms with Gasteiger partial charge >= 0.3 is 0 Å². The molecule has 3 aromatic carbocycles. The number of aliphatic imine (C=N–C) groups is 1. The maximum atomic E-state index is 12.9. The third-order valence-corrected chi connectivity index (χ3v) is 5.07. The van der Waals surface area contributed by atoms with E-state index in [4.69, 9.17) is 16.3 Å². The summed E-state index contributed by atoms with van der Waals surface area (Å²) < 4.78 is 5.96. The van der Waals surface area contributed by atoms with E-state index >= 15 is 0 Å². The number of benzene rings is 3. The zero-order chi connectivity index (χ0) is 21.9. The maximum Gasteiger partial charge on any atom is 0.295 e. The number of amides is 1. The fraction of sp³-hybridized carbons (Fsp3) is 0.231. The number of carbonyl (C=O) groups is 1. The lowest BCUT2D eigenvalue weighted by Gasteiger charge is -2.26. The molecule has 3 aromatic rings. The molecule has 0 bridgehead atoms. The van der Waals surface area contributed by atoms with E-state index in [1.165, 1.54) is 5.56 Å². The summed E-state index contributed by atoms with van der Waals surface area (Å²) in [5.41, 5.74) is 2.70. The Labute approximate surface area is 189 Å². The van der Waals surface area contributed by atoms with Gasteiger partial charge in [0.05, 0.1) is 17.2 Å². The predicted molar refractivity (Wildman–Crippen MR) is 126 cm³/mol. The van der Waals surface area contributed by atoms with Gasteiger partial charge in [-0.05, 0) is 36.1 Å². The molecule has 0 aliphatic heterocycles. The molecule has 0 atom stereocenters. The van der Waals surface area contributed by atoms with Crippen molar-refractivity contribution in [3.05, 3.63) is 107 Å². The highest BCUT2D eigenvalue weighted by atomic mass is 35.5. The van der Waals surface area contributed by atoms with Crippen LogP contribution in [0.5, 0.6) is 0 Å². The second kappa shape index (κ2) is 11.9. The zero-order valence-corrected chi connectivity index (χ0v) is 18.5. The summed E-state index contributed by atoms with van der Waals surface area (Å²) in [6.07, 6.45) is 1.62. The van der Waals surface area contributed by atoms with Gasteiger partial charge in [0.25, 0.3) is 11.9 Å². The number of hydrogen-bond donors (Lipinski definition) is 0. The third kappa shape index (κ3) is 6.97. The summed E-state index contributed by atoms with van der Waals surface area (Å²) in [5, 5.41) is 0.380. The summed E-state index contributed by atoms with van der Waals surface area (Å²) in [4.78, 5) is 19.3. The number of amidine groups is 1. The Balaban J connectivity index is 1.89. The quantitative estimate of drug-likeness (QED) is 0.322. The van der Waals surface area contributed by atoms with Crippen LogP contribution < -0.4 is 0 Å². The average molecular weight is 435 g/mol. The van der Waals surface area contributed by atoms with Crippen LogP contribution >= 0.6 is 11.6 Å². The third-order valence-electron chi connectivity index (χ3n) is 4.74. The Morgan fingerprint density at radius 3 is 2.16 bits per heavy atom. The van der Waals surface area contributed by atoms with Gasteiger partial charge in [0.15, 0.2) is 0 Å². The first-order valence-corrected chi connectivity index (χ1v) is 10.9. The summed E-state index contributed by atoms with van der Waals surface area (Å²) in [7, 11) is 0. The predicted octanol–water partition coefficient (Wildman–Crippen LogP) is 6.01. The van der Waals surface area contributed by atoms with E-state index in [-0.39, 0.29) is 0 Å². The fourth-order valence-corrected chi connectivity index (χ4v) is 3.34. The molecule has 31 heavy (non-hydrogen) atoms. The van der Waals surface area contributed by atoms with Crippen LogP contribution in [-0.2, 0) is 17.7 Å². The van der Waals surface area contributed by atoms with Gasteiger partial charge in [0.1, 0.15) is 0 Å². The maximum absolute atomic E-state index is 12.9. The van der Waals surface area contributed by atoms with Crippen LogP contribution in [0.4, 0.5) is 0 Å². The van der Waals surface area contributed by atoms with Crippen molar-refractivity contribution in [1.29, 1.82) is 0 Å². The second-order valence-electron chi connectivity index (χ2n) is 7.17. The molecule has 0 aliphatic carbocycles. The van der Waals surface area contributed by atoms with Crippen LogP contribution in [-0.4, -0.2) is 30.0 Å². The average Bonchev–Trinajstić information content (AvgIpc) is 2.81. The highest BCUT2D eigenvalue weighted by Gasteiger charge is 2.18. The Kier molecular flexibility index (Phi) is 8.68. The van der Waals surface area contributed by atoms with Crippen LogP contribution in [0.3, 0.4) is 0 Å². The molecule has 0 fully saturated rings. The summed E-state index contributed by atoms with van der Waals surface area (Å²) in [5.74, 6) is -0.408. The molecule has 4 nitrogen and oxygen atoms in total. The molecule has 3 rings (SSSR count). The topological polar surface area (TPSA) is 41.9 Å². The molecule has 160 valence electrons. The molecular formula is C26H27ClN2O2. The molecule has 1 amide bonds. The minimum absolute atomic E-state index is 0.326. The van der Waals surface area contributed by atoms with Crippen molar-refractivity contribution >= 4 is 23.5 Å². The Morgan fingerprint density at radius 2 is 1.52 bits per heavy atom. The minimum atomic E-state index is -0.408. The lowest BCUT2D eigenvalue weighted by Crippen LogP contribution is -2.35. The van der Waals surface area contributed by atoms with Gasteiger partial charge in [-0.3, -0.25) is 4.79 Å². The van der Waals surface area contributed by atoms with Crippen molar-refractivity contribution in [1.82, 2.24) is 4.90 Å². The summed E-state index contributed by atoms with van der Waals surface area (Å²) >= 11 is 6.21. The molecule has 0 aliphatic rings. The molecule has 0 saturated heterocycles.